The molecule has 1 aromatic rings. The average Bonchev–Trinajstić information content (AvgIpc) is 2.44. The summed E-state index contributed by atoms with van der Waals surface area (Å²) in [4.78, 5) is 14.6. The number of hydrogen-bond acceptors (Lipinski definition) is 4. The van der Waals surface area contributed by atoms with Gasteiger partial charge in [0.25, 0.3) is 5.91 Å². The first-order valence-electron chi connectivity index (χ1n) is 7.13. The first-order chi connectivity index (χ1) is 10.9. The third kappa shape index (κ3) is 5.84. The Bertz CT molecular complexity index is 580. The van der Waals surface area contributed by atoms with Crippen molar-refractivity contribution in [1.82, 2.24) is 4.90 Å². The fraction of sp³-hybridized carbons (Fsp3) is 0.533. The van der Waals surface area contributed by atoms with Crippen molar-refractivity contribution in [2.75, 3.05) is 31.7 Å². The van der Waals surface area contributed by atoms with Gasteiger partial charge < -0.3 is 15.3 Å². The highest BCUT2D eigenvalue weighted by Crippen LogP contribution is 2.33. The zero-order valence-corrected chi connectivity index (χ0v) is 15.1. The standard InChI is InChI=1S/C15H20ClF3N2O2S/c1-14(23,15(17,18)19)13(22)20-12-6-5-10(9-11(12)16)24-8-4-7-21(2)3/h5-6,9,23H,4,7-8H2,1-3H3,(H,20,22)/t14-/m1/s1. The highest BCUT2D eigenvalue weighted by atomic mass is 35.5. The van der Waals surface area contributed by atoms with Crippen LogP contribution in [0.25, 0.3) is 0 Å². The molecule has 4 nitrogen and oxygen atoms in total. The van der Waals surface area contributed by atoms with Crippen LogP contribution in [-0.2, 0) is 4.79 Å². The molecule has 0 bridgehead atoms. The van der Waals surface area contributed by atoms with E-state index in [1.807, 2.05) is 19.4 Å². The van der Waals surface area contributed by atoms with E-state index < -0.39 is 17.7 Å². The van der Waals surface area contributed by atoms with Crippen LogP contribution >= 0.6 is 23.4 Å². The normalized spacial score (nSPS) is 14.5. The molecule has 0 radical (unpaired) electrons. The van der Waals surface area contributed by atoms with E-state index in [0.29, 0.717) is 6.92 Å². The Labute approximate surface area is 148 Å². The van der Waals surface area contributed by atoms with Gasteiger partial charge in [-0.1, -0.05) is 11.6 Å². The highest BCUT2D eigenvalue weighted by molar-refractivity contribution is 7.99. The number of nitrogens with zero attached hydrogens (tertiary/aromatic N) is 1. The second kappa shape index (κ2) is 8.42. The predicted octanol–water partition coefficient (Wildman–Crippen LogP) is 3.64. The van der Waals surface area contributed by atoms with Gasteiger partial charge in [-0.3, -0.25) is 4.79 Å². The summed E-state index contributed by atoms with van der Waals surface area (Å²) in [6.07, 6.45) is -4.10. The van der Waals surface area contributed by atoms with E-state index in [4.69, 9.17) is 11.6 Å². The Hall–Kier alpha value is -0.960. The topological polar surface area (TPSA) is 52.6 Å². The van der Waals surface area contributed by atoms with Gasteiger partial charge in [0.05, 0.1) is 10.7 Å². The molecule has 0 aliphatic carbocycles. The maximum Gasteiger partial charge on any atom is 0.426 e. The number of amides is 1. The third-order valence-corrected chi connectivity index (χ3v) is 4.59. The SMILES string of the molecule is CN(C)CCCSc1ccc(NC(=O)[C@@](C)(O)C(F)(F)F)c(Cl)c1. The predicted molar refractivity (Wildman–Crippen MR) is 90.7 cm³/mol. The molecule has 0 aromatic heterocycles. The van der Waals surface area contributed by atoms with Gasteiger partial charge in [0.15, 0.2) is 0 Å². The Morgan fingerprint density at radius 1 is 1.38 bits per heavy atom. The molecule has 24 heavy (non-hydrogen) atoms. The number of nitrogens with one attached hydrogen (secondary N) is 1. The van der Waals surface area contributed by atoms with Crippen LogP contribution in [-0.4, -0.2) is 54.1 Å². The molecule has 1 aromatic carbocycles. The molecule has 0 aliphatic rings. The van der Waals surface area contributed by atoms with Crippen molar-refractivity contribution in [3.8, 4) is 0 Å². The van der Waals surface area contributed by atoms with E-state index in [9.17, 15) is 23.1 Å². The van der Waals surface area contributed by atoms with E-state index in [1.54, 1.807) is 23.9 Å². The lowest BCUT2D eigenvalue weighted by atomic mass is 10.1. The maximum absolute atomic E-state index is 12.6. The van der Waals surface area contributed by atoms with Gasteiger partial charge in [0.2, 0.25) is 5.60 Å². The van der Waals surface area contributed by atoms with Gasteiger partial charge in [-0.05, 0) is 57.9 Å². The maximum atomic E-state index is 12.6. The summed E-state index contributed by atoms with van der Waals surface area (Å²) in [5.74, 6) is -0.716. The van der Waals surface area contributed by atoms with Crippen molar-refractivity contribution in [2.24, 2.45) is 0 Å². The van der Waals surface area contributed by atoms with Crippen LogP contribution in [0, 0.1) is 0 Å². The monoisotopic (exact) mass is 384 g/mol. The molecular weight excluding hydrogens is 365 g/mol. The first kappa shape index (κ1) is 21.1. The lowest BCUT2D eigenvalue weighted by molar-refractivity contribution is -0.242. The zero-order chi connectivity index (χ0) is 18.5. The molecule has 0 fully saturated rings. The number of thioether (sulfide) groups is 1. The summed E-state index contributed by atoms with van der Waals surface area (Å²) in [7, 11) is 3.96. The molecular formula is C15H20ClF3N2O2S. The summed E-state index contributed by atoms with van der Waals surface area (Å²) in [6.45, 7) is 1.34. The van der Waals surface area contributed by atoms with E-state index in [-0.39, 0.29) is 10.7 Å². The van der Waals surface area contributed by atoms with Crippen molar-refractivity contribution >= 4 is 35.0 Å². The Morgan fingerprint density at radius 3 is 2.50 bits per heavy atom. The van der Waals surface area contributed by atoms with Crippen LogP contribution in [0.3, 0.4) is 0 Å². The molecule has 0 spiro atoms. The van der Waals surface area contributed by atoms with E-state index in [1.165, 1.54) is 6.07 Å². The van der Waals surface area contributed by atoms with Crippen LogP contribution in [0.2, 0.25) is 5.02 Å². The third-order valence-electron chi connectivity index (χ3n) is 3.20. The molecule has 0 unspecified atom stereocenters. The number of carbonyl (C=O) groups excluding carboxylic acids is 1. The van der Waals surface area contributed by atoms with Crippen molar-refractivity contribution in [2.45, 2.75) is 30.0 Å². The Balaban J connectivity index is 2.70. The Kier molecular flexibility index (Phi) is 7.40. The minimum absolute atomic E-state index is 0.0174. The van der Waals surface area contributed by atoms with Gasteiger partial charge in [-0.15, -0.1) is 11.8 Å². The van der Waals surface area contributed by atoms with Crippen molar-refractivity contribution in [3.05, 3.63) is 23.2 Å². The quantitative estimate of drug-likeness (QED) is 0.556. The van der Waals surface area contributed by atoms with E-state index in [0.717, 1.165) is 23.6 Å². The number of rotatable bonds is 7. The molecule has 136 valence electrons. The van der Waals surface area contributed by atoms with Crippen molar-refractivity contribution in [1.29, 1.82) is 0 Å². The molecule has 1 atom stereocenters. The average molecular weight is 385 g/mol. The molecule has 0 saturated heterocycles. The van der Waals surface area contributed by atoms with Gasteiger partial charge >= 0.3 is 6.18 Å². The minimum atomic E-state index is -5.08. The van der Waals surface area contributed by atoms with Crippen LogP contribution in [0.15, 0.2) is 23.1 Å². The number of hydrogen-bond donors (Lipinski definition) is 2. The van der Waals surface area contributed by atoms with Gasteiger partial charge in [-0.2, -0.15) is 13.2 Å². The summed E-state index contributed by atoms with van der Waals surface area (Å²) >= 11 is 7.56. The summed E-state index contributed by atoms with van der Waals surface area (Å²) in [5.41, 5.74) is -3.47. The largest absolute Gasteiger partial charge is 0.426 e. The fourth-order valence-electron chi connectivity index (χ4n) is 1.63. The second-order valence-electron chi connectivity index (χ2n) is 5.67. The summed E-state index contributed by atoms with van der Waals surface area (Å²) in [5, 5.41) is 11.4. The number of benzene rings is 1. The molecule has 9 heteroatoms. The second-order valence-corrected chi connectivity index (χ2v) is 7.25. The molecule has 1 rings (SSSR count). The first-order valence-corrected chi connectivity index (χ1v) is 8.49. The smallest absolute Gasteiger partial charge is 0.373 e. The number of anilines is 1. The lowest BCUT2D eigenvalue weighted by Gasteiger charge is -2.25. The summed E-state index contributed by atoms with van der Waals surface area (Å²) < 4.78 is 37.9. The lowest BCUT2D eigenvalue weighted by Crippen LogP contribution is -2.52. The number of alkyl halides is 3. The number of carbonyl (C=O) groups is 1. The molecule has 1 amide bonds. The number of halogens is 4. The molecule has 0 heterocycles. The molecule has 0 saturated carbocycles. The van der Waals surface area contributed by atoms with Gasteiger partial charge in [0, 0.05) is 4.90 Å². The molecule has 0 aliphatic heterocycles. The summed E-state index contributed by atoms with van der Waals surface area (Å²) in [6, 6.07) is 4.64. The zero-order valence-electron chi connectivity index (χ0n) is 13.6. The van der Waals surface area contributed by atoms with Crippen molar-refractivity contribution < 1.29 is 23.1 Å². The molecule has 2 N–H and O–H groups in total. The van der Waals surface area contributed by atoms with Gasteiger partial charge in [-0.25, -0.2) is 0 Å². The van der Waals surface area contributed by atoms with E-state index >= 15 is 0 Å². The van der Waals surface area contributed by atoms with Crippen LogP contribution in [0.4, 0.5) is 18.9 Å². The fourth-order valence-corrected chi connectivity index (χ4v) is 2.80. The van der Waals surface area contributed by atoms with Crippen LogP contribution in [0.5, 0.6) is 0 Å². The van der Waals surface area contributed by atoms with Crippen LogP contribution in [0.1, 0.15) is 13.3 Å². The van der Waals surface area contributed by atoms with Crippen LogP contribution < -0.4 is 5.32 Å². The number of aliphatic hydroxyl groups is 1. The highest BCUT2D eigenvalue weighted by Gasteiger charge is 2.55. The minimum Gasteiger partial charge on any atom is -0.373 e. The van der Waals surface area contributed by atoms with Crippen molar-refractivity contribution in [3.63, 3.8) is 0 Å². The van der Waals surface area contributed by atoms with E-state index in [2.05, 4.69) is 4.90 Å². The Morgan fingerprint density at radius 2 is 2.00 bits per heavy atom. The van der Waals surface area contributed by atoms with Gasteiger partial charge in [0.1, 0.15) is 0 Å².